The fourth-order valence-corrected chi connectivity index (χ4v) is 3.33. The van der Waals surface area contributed by atoms with Crippen molar-refractivity contribution in [3.05, 3.63) is 0 Å². The predicted molar refractivity (Wildman–Crippen MR) is 76.5 cm³/mol. The van der Waals surface area contributed by atoms with Crippen LogP contribution in [0, 0.1) is 5.92 Å². The smallest absolute Gasteiger partial charge is 0.329 e. The summed E-state index contributed by atoms with van der Waals surface area (Å²) >= 11 is 0. The number of rotatable bonds is 2. The highest BCUT2D eigenvalue weighted by Gasteiger charge is 2.44. The first-order valence-electron chi connectivity index (χ1n) is 7.75. The molecule has 20 heavy (non-hydrogen) atoms. The van der Waals surface area contributed by atoms with Gasteiger partial charge in [0.2, 0.25) is 0 Å². The second kappa shape index (κ2) is 6.02. The van der Waals surface area contributed by atoms with Crippen molar-refractivity contribution >= 4 is 12.0 Å². The van der Waals surface area contributed by atoms with Crippen molar-refractivity contribution in [2.24, 2.45) is 5.92 Å². The van der Waals surface area contributed by atoms with Gasteiger partial charge in [0.15, 0.2) is 0 Å². The summed E-state index contributed by atoms with van der Waals surface area (Å²) in [5.74, 6) is -0.160. The van der Waals surface area contributed by atoms with Gasteiger partial charge < -0.3 is 15.3 Å². The molecule has 2 amide bonds. The number of carbonyl (C=O) groups excluding carboxylic acids is 1. The number of hydrogen-bond acceptors (Lipinski definition) is 2. The van der Waals surface area contributed by atoms with Gasteiger partial charge in [-0.2, -0.15) is 0 Å². The van der Waals surface area contributed by atoms with Gasteiger partial charge in [0.25, 0.3) is 0 Å². The van der Waals surface area contributed by atoms with E-state index >= 15 is 0 Å². The molecule has 0 aromatic rings. The second-order valence-corrected chi connectivity index (χ2v) is 6.59. The molecule has 1 aliphatic carbocycles. The molecule has 2 fully saturated rings. The van der Waals surface area contributed by atoms with E-state index in [2.05, 4.69) is 12.2 Å². The Bertz CT molecular complexity index is 377. The molecule has 1 atom stereocenters. The van der Waals surface area contributed by atoms with Crippen LogP contribution in [0.15, 0.2) is 0 Å². The molecule has 2 rings (SSSR count). The number of nitrogens with one attached hydrogen (secondary N) is 1. The molecule has 0 radical (unpaired) electrons. The minimum absolute atomic E-state index is 0.200. The predicted octanol–water partition coefficient (Wildman–Crippen LogP) is 2.60. The summed E-state index contributed by atoms with van der Waals surface area (Å²) in [6.45, 7) is 4.44. The van der Waals surface area contributed by atoms with Crippen LogP contribution in [0.1, 0.15) is 58.8 Å². The van der Waals surface area contributed by atoms with Gasteiger partial charge in [-0.3, -0.25) is 0 Å². The quantitative estimate of drug-likeness (QED) is 0.818. The monoisotopic (exact) mass is 282 g/mol. The van der Waals surface area contributed by atoms with Crippen molar-refractivity contribution in [3.8, 4) is 0 Å². The molecule has 5 nitrogen and oxygen atoms in total. The van der Waals surface area contributed by atoms with E-state index in [9.17, 15) is 14.7 Å². The van der Waals surface area contributed by atoms with Gasteiger partial charge in [0.1, 0.15) is 5.54 Å². The third kappa shape index (κ3) is 3.07. The van der Waals surface area contributed by atoms with Gasteiger partial charge in [-0.25, -0.2) is 9.59 Å². The average molecular weight is 282 g/mol. The molecule has 1 heterocycles. The maximum absolute atomic E-state index is 12.4. The normalized spacial score (nSPS) is 34.6. The summed E-state index contributed by atoms with van der Waals surface area (Å²) < 4.78 is 0. The van der Waals surface area contributed by atoms with Crippen LogP contribution in [0.4, 0.5) is 4.79 Å². The summed E-state index contributed by atoms with van der Waals surface area (Å²) in [4.78, 5) is 25.4. The third-order valence-electron chi connectivity index (χ3n) is 4.94. The van der Waals surface area contributed by atoms with Gasteiger partial charge >= 0.3 is 12.0 Å². The van der Waals surface area contributed by atoms with Crippen molar-refractivity contribution < 1.29 is 14.7 Å². The number of urea groups is 1. The average Bonchev–Trinajstić information content (AvgIpc) is 2.41. The molecule has 0 aromatic heterocycles. The van der Waals surface area contributed by atoms with E-state index in [0.717, 1.165) is 44.4 Å². The van der Waals surface area contributed by atoms with Crippen LogP contribution in [0.5, 0.6) is 0 Å². The van der Waals surface area contributed by atoms with Crippen LogP contribution >= 0.6 is 0 Å². The number of carboxylic acid groups (broad SMARTS) is 1. The molecule has 2 N–H and O–H groups in total. The largest absolute Gasteiger partial charge is 0.480 e. The highest BCUT2D eigenvalue weighted by atomic mass is 16.4. The van der Waals surface area contributed by atoms with Gasteiger partial charge in [-0.1, -0.05) is 6.92 Å². The van der Waals surface area contributed by atoms with Crippen molar-refractivity contribution in [1.29, 1.82) is 0 Å². The standard InChI is InChI=1S/C15H26N2O3/c1-11-5-7-12(8-6-11)16-14(20)17-10-4-3-9-15(17,2)13(18)19/h11-12H,3-10H2,1-2H3,(H,16,20)(H,18,19). The fraction of sp³-hybridized carbons (Fsp3) is 0.867. The zero-order valence-electron chi connectivity index (χ0n) is 12.5. The molecule has 2 aliphatic rings. The van der Waals surface area contributed by atoms with E-state index in [1.54, 1.807) is 6.92 Å². The van der Waals surface area contributed by atoms with Crippen LogP contribution in [0.3, 0.4) is 0 Å². The highest BCUT2D eigenvalue weighted by molar-refractivity contribution is 5.86. The number of carbonyl (C=O) groups is 2. The number of nitrogens with zero attached hydrogens (tertiary/aromatic N) is 1. The second-order valence-electron chi connectivity index (χ2n) is 6.59. The number of amides is 2. The molecule has 1 saturated carbocycles. The number of piperidine rings is 1. The zero-order valence-corrected chi connectivity index (χ0v) is 12.5. The first-order valence-corrected chi connectivity index (χ1v) is 7.75. The number of carboxylic acids is 1. The van der Waals surface area contributed by atoms with Crippen LogP contribution < -0.4 is 5.32 Å². The first kappa shape index (κ1) is 15.1. The van der Waals surface area contributed by atoms with E-state index in [0.29, 0.717) is 13.0 Å². The Hall–Kier alpha value is -1.26. The first-order chi connectivity index (χ1) is 9.43. The Balaban J connectivity index is 1.98. The molecular formula is C15H26N2O3. The van der Waals surface area contributed by atoms with Crippen molar-refractivity contribution in [1.82, 2.24) is 10.2 Å². The maximum Gasteiger partial charge on any atom is 0.329 e. The fourth-order valence-electron chi connectivity index (χ4n) is 3.33. The molecule has 0 aromatic carbocycles. The van der Waals surface area contributed by atoms with E-state index < -0.39 is 11.5 Å². The molecule has 5 heteroatoms. The minimum atomic E-state index is -1.05. The number of aliphatic carboxylic acids is 1. The third-order valence-corrected chi connectivity index (χ3v) is 4.94. The lowest BCUT2D eigenvalue weighted by atomic mass is 9.87. The summed E-state index contributed by atoms with van der Waals surface area (Å²) in [6, 6.07) is 0.00724. The minimum Gasteiger partial charge on any atom is -0.480 e. The lowest BCUT2D eigenvalue weighted by molar-refractivity contribution is -0.150. The van der Waals surface area contributed by atoms with Gasteiger partial charge in [0.05, 0.1) is 0 Å². The van der Waals surface area contributed by atoms with Gasteiger partial charge in [0, 0.05) is 12.6 Å². The lowest BCUT2D eigenvalue weighted by Gasteiger charge is -2.42. The summed E-state index contributed by atoms with van der Waals surface area (Å²) in [7, 11) is 0. The SMILES string of the molecule is CC1CCC(NC(=O)N2CCCCC2(C)C(=O)O)CC1. The maximum atomic E-state index is 12.4. The zero-order chi connectivity index (χ0) is 14.8. The molecular weight excluding hydrogens is 256 g/mol. The summed E-state index contributed by atoms with van der Waals surface area (Å²) in [5.41, 5.74) is -1.05. The molecule has 1 unspecified atom stereocenters. The Kier molecular flexibility index (Phi) is 4.55. The van der Waals surface area contributed by atoms with Crippen LogP contribution in [-0.2, 0) is 4.79 Å². The van der Waals surface area contributed by atoms with Crippen molar-refractivity contribution in [2.75, 3.05) is 6.54 Å². The molecule has 1 saturated heterocycles. The Labute approximate surface area is 120 Å². The van der Waals surface area contributed by atoms with E-state index in [1.165, 1.54) is 4.90 Å². The van der Waals surface area contributed by atoms with Crippen LogP contribution in [0.2, 0.25) is 0 Å². The topological polar surface area (TPSA) is 69.6 Å². The Morgan fingerprint density at radius 2 is 1.85 bits per heavy atom. The van der Waals surface area contributed by atoms with Crippen LogP contribution in [0.25, 0.3) is 0 Å². The van der Waals surface area contributed by atoms with Crippen molar-refractivity contribution in [2.45, 2.75) is 70.4 Å². The molecule has 1 aliphatic heterocycles. The molecule has 0 spiro atoms. The summed E-state index contributed by atoms with van der Waals surface area (Å²) in [6.07, 6.45) is 6.58. The van der Waals surface area contributed by atoms with Gasteiger partial charge in [-0.15, -0.1) is 0 Å². The van der Waals surface area contributed by atoms with Crippen molar-refractivity contribution in [3.63, 3.8) is 0 Å². The molecule has 0 bridgehead atoms. The van der Waals surface area contributed by atoms with E-state index in [4.69, 9.17) is 0 Å². The van der Waals surface area contributed by atoms with E-state index in [-0.39, 0.29) is 12.1 Å². The molecule has 114 valence electrons. The lowest BCUT2D eigenvalue weighted by Crippen LogP contribution is -2.61. The Morgan fingerprint density at radius 1 is 1.20 bits per heavy atom. The van der Waals surface area contributed by atoms with Gasteiger partial charge in [-0.05, 0) is 57.8 Å². The number of hydrogen-bond donors (Lipinski definition) is 2. The summed E-state index contributed by atoms with van der Waals surface area (Å²) in [5, 5.41) is 12.5. The number of likely N-dealkylation sites (tertiary alicyclic amines) is 1. The van der Waals surface area contributed by atoms with E-state index in [1.807, 2.05) is 0 Å². The Morgan fingerprint density at radius 3 is 2.45 bits per heavy atom. The van der Waals surface area contributed by atoms with Crippen LogP contribution in [-0.4, -0.2) is 40.1 Å². The highest BCUT2D eigenvalue weighted by Crippen LogP contribution is 2.29.